The predicted molar refractivity (Wildman–Crippen MR) is 117 cm³/mol. The summed E-state index contributed by atoms with van der Waals surface area (Å²) in [5.74, 6) is 0.200. The summed E-state index contributed by atoms with van der Waals surface area (Å²) in [5, 5.41) is 0.974. The van der Waals surface area contributed by atoms with E-state index in [1.807, 2.05) is 37.8 Å². The number of amides is 2. The molecular weight excluding hydrogens is 402 g/mol. The predicted octanol–water partition coefficient (Wildman–Crippen LogP) is 2.99. The molecule has 4 rings (SSSR count). The SMILES string of the molecule is CC(C)(C)OC(=O)N1CCC(C(=O)N2CCN(c3nc4cccnc4s3)CC2)CC1. The Morgan fingerprint density at radius 3 is 2.40 bits per heavy atom. The van der Waals surface area contributed by atoms with E-state index in [1.165, 1.54) is 0 Å². The highest BCUT2D eigenvalue weighted by Crippen LogP contribution is 2.28. The maximum absolute atomic E-state index is 13.0. The van der Waals surface area contributed by atoms with Crippen LogP contribution in [0.15, 0.2) is 18.3 Å². The second-order valence-electron chi connectivity index (χ2n) is 8.88. The molecule has 162 valence electrons. The molecule has 4 heterocycles. The highest BCUT2D eigenvalue weighted by Gasteiger charge is 2.33. The summed E-state index contributed by atoms with van der Waals surface area (Å²) in [7, 11) is 0. The molecule has 2 aliphatic rings. The zero-order valence-corrected chi connectivity index (χ0v) is 18.7. The summed E-state index contributed by atoms with van der Waals surface area (Å²) in [4.78, 5) is 41.1. The molecule has 0 saturated carbocycles. The molecule has 2 fully saturated rings. The van der Waals surface area contributed by atoms with E-state index >= 15 is 0 Å². The fourth-order valence-electron chi connectivity index (χ4n) is 3.91. The van der Waals surface area contributed by atoms with Crippen molar-refractivity contribution in [3.63, 3.8) is 0 Å². The van der Waals surface area contributed by atoms with Crippen LogP contribution in [-0.2, 0) is 9.53 Å². The normalized spacial score (nSPS) is 18.7. The van der Waals surface area contributed by atoms with Crippen LogP contribution in [-0.4, -0.2) is 76.6 Å². The van der Waals surface area contributed by atoms with Crippen LogP contribution in [0.3, 0.4) is 0 Å². The van der Waals surface area contributed by atoms with E-state index in [1.54, 1.807) is 22.4 Å². The van der Waals surface area contributed by atoms with E-state index in [0.29, 0.717) is 39.0 Å². The number of rotatable bonds is 2. The van der Waals surface area contributed by atoms with Crippen molar-refractivity contribution in [2.45, 2.75) is 39.2 Å². The number of carbonyl (C=O) groups excluding carboxylic acids is 2. The van der Waals surface area contributed by atoms with Gasteiger partial charge in [0.05, 0.1) is 0 Å². The van der Waals surface area contributed by atoms with Gasteiger partial charge in [0.1, 0.15) is 15.9 Å². The van der Waals surface area contributed by atoms with Crippen LogP contribution in [0.5, 0.6) is 0 Å². The molecule has 0 bridgehead atoms. The number of carbonyl (C=O) groups is 2. The summed E-state index contributed by atoms with van der Waals surface area (Å²) in [5.41, 5.74) is 0.427. The van der Waals surface area contributed by atoms with E-state index in [9.17, 15) is 9.59 Å². The lowest BCUT2D eigenvalue weighted by Gasteiger charge is -2.38. The summed E-state index contributed by atoms with van der Waals surface area (Å²) in [6.07, 6.45) is 2.89. The first-order chi connectivity index (χ1) is 14.3. The van der Waals surface area contributed by atoms with Crippen molar-refractivity contribution in [3.8, 4) is 0 Å². The summed E-state index contributed by atoms with van der Waals surface area (Å²) in [6.45, 7) is 9.71. The zero-order chi connectivity index (χ0) is 21.3. The van der Waals surface area contributed by atoms with Gasteiger partial charge >= 0.3 is 6.09 Å². The molecule has 2 aromatic rings. The Bertz CT molecular complexity index is 876. The molecule has 2 saturated heterocycles. The summed E-state index contributed by atoms with van der Waals surface area (Å²) >= 11 is 1.60. The third-order valence-electron chi connectivity index (χ3n) is 5.51. The molecular formula is C21H29N5O3S. The summed E-state index contributed by atoms with van der Waals surface area (Å²) < 4.78 is 5.44. The van der Waals surface area contributed by atoms with Gasteiger partial charge in [0, 0.05) is 51.4 Å². The van der Waals surface area contributed by atoms with Crippen molar-refractivity contribution >= 4 is 38.8 Å². The fraction of sp³-hybridized carbons (Fsp3) is 0.619. The van der Waals surface area contributed by atoms with E-state index < -0.39 is 5.60 Å². The Morgan fingerprint density at radius 2 is 1.77 bits per heavy atom. The van der Waals surface area contributed by atoms with E-state index in [2.05, 4.69) is 14.9 Å². The van der Waals surface area contributed by atoms with Gasteiger partial charge in [0.2, 0.25) is 5.91 Å². The van der Waals surface area contributed by atoms with Gasteiger partial charge in [0.15, 0.2) is 5.13 Å². The van der Waals surface area contributed by atoms with E-state index in [-0.39, 0.29) is 17.9 Å². The molecule has 0 aromatic carbocycles. The maximum Gasteiger partial charge on any atom is 0.410 e. The van der Waals surface area contributed by atoms with Gasteiger partial charge in [-0.25, -0.2) is 14.8 Å². The Kier molecular flexibility index (Phi) is 5.81. The topological polar surface area (TPSA) is 78.9 Å². The molecule has 8 nitrogen and oxygen atoms in total. The minimum Gasteiger partial charge on any atom is -0.444 e. The number of piperazine rings is 1. The number of pyridine rings is 1. The highest BCUT2D eigenvalue weighted by atomic mass is 32.1. The summed E-state index contributed by atoms with van der Waals surface area (Å²) in [6, 6.07) is 3.88. The fourth-order valence-corrected chi connectivity index (χ4v) is 4.87. The Hall–Kier alpha value is -2.42. The lowest BCUT2D eigenvalue weighted by atomic mass is 9.95. The largest absolute Gasteiger partial charge is 0.444 e. The molecule has 0 unspecified atom stereocenters. The lowest BCUT2D eigenvalue weighted by Crippen LogP contribution is -2.52. The monoisotopic (exact) mass is 431 g/mol. The third kappa shape index (κ3) is 4.66. The van der Waals surface area contributed by atoms with Gasteiger partial charge in [-0.1, -0.05) is 11.3 Å². The number of anilines is 1. The Morgan fingerprint density at radius 1 is 1.07 bits per heavy atom. The van der Waals surface area contributed by atoms with Crippen molar-refractivity contribution in [2.24, 2.45) is 5.92 Å². The molecule has 9 heteroatoms. The molecule has 0 aliphatic carbocycles. The van der Waals surface area contributed by atoms with Crippen LogP contribution in [0.4, 0.5) is 9.93 Å². The molecule has 2 amide bonds. The second kappa shape index (κ2) is 8.37. The number of thiazole rings is 1. The molecule has 2 aromatic heterocycles. The maximum atomic E-state index is 13.0. The van der Waals surface area contributed by atoms with Gasteiger partial charge in [-0.05, 0) is 45.7 Å². The van der Waals surface area contributed by atoms with Gasteiger partial charge in [-0.2, -0.15) is 0 Å². The van der Waals surface area contributed by atoms with Crippen molar-refractivity contribution in [1.29, 1.82) is 0 Å². The van der Waals surface area contributed by atoms with Gasteiger partial charge < -0.3 is 19.4 Å². The quantitative estimate of drug-likeness (QED) is 0.727. The van der Waals surface area contributed by atoms with Crippen LogP contribution in [0, 0.1) is 5.92 Å². The average Bonchev–Trinajstić information content (AvgIpc) is 3.16. The van der Waals surface area contributed by atoms with E-state index in [4.69, 9.17) is 4.74 Å². The van der Waals surface area contributed by atoms with Crippen LogP contribution in [0.2, 0.25) is 0 Å². The standard InChI is InChI=1S/C21H29N5O3S/c1-21(2,3)29-20(28)26-9-6-15(7-10-26)18(27)24-11-13-25(14-12-24)19-23-16-5-4-8-22-17(16)30-19/h4-5,8,15H,6-7,9-14H2,1-3H3. The number of hydrogen-bond donors (Lipinski definition) is 0. The molecule has 30 heavy (non-hydrogen) atoms. The van der Waals surface area contributed by atoms with Crippen LogP contribution >= 0.6 is 11.3 Å². The second-order valence-corrected chi connectivity index (χ2v) is 9.83. The van der Waals surface area contributed by atoms with E-state index in [0.717, 1.165) is 28.6 Å². The molecule has 0 atom stereocenters. The molecule has 0 spiro atoms. The van der Waals surface area contributed by atoms with Gasteiger partial charge in [-0.3, -0.25) is 4.79 Å². The molecule has 0 radical (unpaired) electrons. The highest BCUT2D eigenvalue weighted by molar-refractivity contribution is 7.21. The number of piperidine rings is 1. The average molecular weight is 432 g/mol. The Labute approximate surface area is 180 Å². The van der Waals surface area contributed by atoms with Crippen molar-refractivity contribution in [3.05, 3.63) is 18.3 Å². The third-order valence-corrected chi connectivity index (χ3v) is 6.55. The number of aromatic nitrogens is 2. The smallest absolute Gasteiger partial charge is 0.410 e. The molecule has 2 aliphatic heterocycles. The van der Waals surface area contributed by atoms with Crippen molar-refractivity contribution in [1.82, 2.24) is 19.8 Å². The van der Waals surface area contributed by atoms with Gasteiger partial charge in [-0.15, -0.1) is 0 Å². The zero-order valence-electron chi connectivity index (χ0n) is 17.8. The number of likely N-dealkylation sites (tertiary alicyclic amines) is 1. The van der Waals surface area contributed by atoms with Crippen LogP contribution in [0.25, 0.3) is 10.3 Å². The molecule has 0 N–H and O–H groups in total. The van der Waals surface area contributed by atoms with Crippen molar-refractivity contribution < 1.29 is 14.3 Å². The minimum atomic E-state index is -0.497. The number of fused-ring (bicyclic) bond motifs is 1. The number of ether oxygens (including phenoxy) is 1. The minimum absolute atomic E-state index is 0.0121. The number of hydrogen-bond acceptors (Lipinski definition) is 7. The first-order valence-electron chi connectivity index (χ1n) is 10.5. The number of nitrogens with zero attached hydrogens (tertiary/aromatic N) is 5. The lowest BCUT2D eigenvalue weighted by molar-refractivity contribution is -0.137. The van der Waals surface area contributed by atoms with Crippen molar-refractivity contribution in [2.75, 3.05) is 44.2 Å². The van der Waals surface area contributed by atoms with Gasteiger partial charge in [0.25, 0.3) is 0 Å². The van der Waals surface area contributed by atoms with Crippen LogP contribution < -0.4 is 4.90 Å². The van der Waals surface area contributed by atoms with Crippen LogP contribution in [0.1, 0.15) is 33.6 Å². The Balaban J connectivity index is 1.27. The first-order valence-corrected chi connectivity index (χ1v) is 11.3. The first kappa shape index (κ1) is 20.8.